The van der Waals surface area contributed by atoms with E-state index in [-0.39, 0.29) is 23.2 Å². The van der Waals surface area contributed by atoms with Crippen LogP contribution in [0.3, 0.4) is 0 Å². The Morgan fingerprint density at radius 1 is 1.13 bits per heavy atom. The van der Waals surface area contributed by atoms with Gasteiger partial charge in [0.2, 0.25) is 15.9 Å². The van der Waals surface area contributed by atoms with Crippen molar-refractivity contribution in [1.29, 1.82) is 0 Å². The van der Waals surface area contributed by atoms with E-state index >= 15 is 0 Å². The molecule has 6 rings (SSSR count). The van der Waals surface area contributed by atoms with Crippen LogP contribution in [0.15, 0.2) is 40.9 Å². The number of imide groups is 1. The van der Waals surface area contributed by atoms with Crippen LogP contribution in [0, 0.1) is 5.92 Å². The molecular formula is C25H28N6O5S2. The SMILES string of the molecule is CN1Cc2ccc(CN3C(=O)N(Cc4cnn(C)c4)C(=O)C4C=C(S(=O)(=O)NC5(C)CC5)SC43)cc2C1=O. The summed E-state index contributed by atoms with van der Waals surface area (Å²) >= 11 is 1.02. The molecule has 13 heteroatoms. The van der Waals surface area contributed by atoms with E-state index in [4.69, 9.17) is 0 Å². The highest BCUT2D eigenvalue weighted by Crippen LogP contribution is 2.46. The van der Waals surface area contributed by atoms with Crippen molar-refractivity contribution in [3.63, 3.8) is 0 Å². The smallest absolute Gasteiger partial charge is 0.328 e. The lowest BCUT2D eigenvalue weighted by Crippen LogP contribution is -2.58. The number of amides is 4. The molecule has 3 aliphatic heterocycles. The fraction of sp³-hybridized carbons (Fsp3) is 0.440. The predicted molar refractivity (Wildman–Crippen MR) is 140 cm³/mol. The first-order valence-corrected chi connectivity index (χ1v) is 14.7. The van der Waals surface area contributed by atoms with E-state index in [1.54, 1.807) is 42.1 Å². The molecule has 2 aromatic rings. The third-order valence-electron chi connectivity index (χ3n) is 7.45. The number of aryl methyl sites for hydroxylation is 1. The van der Waals surface area contributed by atoms with Gasteiger partial charge in [-0.2, -0.15) is 5.10 Å². The van der Waals surface area contributed by atoms with Crippen LogP contribution in [0.5, 0.6) is 0 Å². The standard InChI is InChI=1S/C25H28N6O5S2/c1-25(6-7-25)27-38(35,36)20-9-19-22(33)30(13-16-10-26-29(3)11-16)24(34)31(23(19)37-20)12-15-4-5-17-14-28(2)21(32)18(17)8-15/h4-5,8-11,19,23,27H,6-7,12-14H2,1-3H3. The number of carbonyl (C=O) groups excluding carboxylic acids is 3. The number of thioether (sulfide) groups is 1. The predicted octanol–water partition coefficient (Wildman–Crippen LogP) is 1.97. The molecule has 0 bridgehead atoms. The summed E-state index contributed by atoms with van der Waals surface area (Å²) in [5.74, 6) is -1.35. The molecule has 200 valence electrons. The minimum atomic E-state index is -3.84. The van der Waals surface area contributed by atoms with Crippen molar-refractivity contribution in [2.24, 2.45) is 13.0 Å². The molecule has 4 aliphatic rings. The van der Waals surface area contributed by atoms with E-state index in [0.717, 1.165) is 40.6 Å². The van der Waals surface area contributed by atoms with E-state index in [0.29, 0.717) is 17.7 Å². The molecule has 11 nitrogen and oxygen atoms in total. The molecule has 1 aromatic heterocycles. The van der Waals surface area contributed by atoms with E-state index < -0.39 is 38.8 Å². The second-order valence-corrected chi connectivity index (χ2v) is 13.8. The zero-order valence-electron chi connectivity index (χ0n) is 21.2. The topological polar surface area (TPSA) is 125 Å². The van der Waals surface area contributed by atoms with Gasteiger partial charge in [-0.15, -0.1) is 0 Å². The van der Waals surface area contributed by atoms with E-state index in [2.05, 4.69) is 9.82 Å². The zero-order chi connectivity index (χ0) is 27.0. The number of rotatable bonds is 7. The average molecular weight is 557 g/mol. The van der Waals surface area contributed by atoms with Gasteiger partial charge in [-0.05, 0) is 43.0 Å². The summed E-state index contributed by atoms with van der Waals surface area (Å²) in [6.45, 7) is 2.53. The largest absolute Gasteiger partial charge is 0.337 e. The quantitative estimate of drug-likeness (QED) is 0.553. The summed E-state index contributed by atoms with van der Waals surface area (Å²) < 4.78 is 30.7. The van der Waals surface area contributed by atoms with Gasteiger partial charge in [-0.3, -0.25) is 19.2 Å². The van der Waals surface area contributed by atoms with Crippen LogP contribution in [0.25, 0.3) is 0 Å². The van der Waals surface area contributed by atoms with E-state index in [9.17, 15) is 22.8 Å². The number of aromatic nitrogens is 2. The molecule has 0 radical (unpaired) electrons. The number of nitrogens with zero attached hydrogens (tertiary/aromatic N) is 5. The lowest BCUT2D eigenvalue weighted by Gasteiger charge is -2.41. The maximum absolute atomic E-state index is 13.8. The van der Waals surface area contributed by atoms with Crippen LogP contribution in [0.4, 0.5) is 4.79 Å². The van der Waals surface area contributed by atoms with Crippen molar-refractivity contribution < 1.29 is 22.8 Å². The first-order chi connectivity index (χ1) is 17.9. The van der Waals surface area contributed by atoms with Gasteiger partial charge in [-0.25, -0.2) is 17.9 Å². The number of urea groups is 1. The van der Waals surface area contributed by atoms with Gasteiger partial charge in [-0.1, -0.05) is 23.9 Å². The van der Waals surface area contributed by atoms with Crippen LogP contribution in [-0.2, 0) is 41.5 Å². The number of fused-ring (bicyclic) bond motifs is 2. The highest BCUT2D eigenvalue weighted by molar-refractivity contribution is 8.18. The summed E-state index contributed by atoms with van der Waals surface area (Å²) in [6.07, 6.45) is 6.31. The number of sulfonamides is 1. The van der Waals surface area contributed by atoms with Gasteiger partial charge >= 0.3 is 6.03 Å². The Morgan fingerprint density at radius 3 is 2.58 bits per heavy atom. The van der Waals surface area contributed by atoms with Gasteiger partial charge in [0, 0.05) is 50.0 Å². The normalized spacial score (nSPS) is 24.1. The van der Waals surface area contributed by atoms with Crippen molar-refractivity contribution in [2.75, 3.05) is 7.05 Å². The van der Waals surface area contributed by atoms with Crippen molar-refractivity contribution in [3.05, 3.63) is 63.2 Å². The molecule has 1 aromatic carbocycles. The Kier molecular flexibility index (Phi) is 5.74. The van der Waals surface area contributed by atoms with Crippen LogP contribution < -0.4 is 4.72 Å². The summed E-state index contributed by atoms with van der Waals surface area (Å²) in [5.41, 5.74) is 2.46. The molecule has 1 saturated carbocycles. The molecule has 2 fully saturated rings. The molecule has 1 aliphatic carbocycles. The molecule has 4 heterocycles. The van der Waals surface area contributed by atoms with Crippen molar-refractivity contribution >= 4 is 39.6 Å². The Hall–Kier alpha value is -3.16. The second-order valence-electron chi connectivity index (χ2n) is 10.7. The lowest BCUT2D eigenvalue weighted by atomic mass is 10.0. The van der Waals surface area contributed by atoms with Gasteiger partial charge < -0.3 is 9.80 Å². The third kappa shape index (κ3) is 4.31. The molecule has 2 unspecified atom stereocenters. The van der Waals surface area contributed by atoms with Crippen molar-refractivity contribution in [1.82, 2.24) is 29.2 Å². The van der Waals surface area contributed by atoms with Gasteiger partial charge in [0.15, 0.2) is 0 Å². The first-order valence-electron chi connectivity index (χ1n) is 12.3. The maximum Gasteiger partial charge on any atom is 0.328 e. The highest BCUT2D eigenvalue weighted by Gasteiger charge is 2.52. The molecule has 1 saturated heterocycles. The number of hydrogen-bond donors (Lipinski definition) is 1. The number of hydrogen-bond acceptors (Lipinski definition) is 7. The zero-order valence-corrected chi connectivity index (χ0v) is 22.9. The monoisotopic (exact) mass is 556 g/mol. The van der Waals surface area contributed by atoms with Gasteiger partial charge in [0.05, 0.1) is 18.7 Å². The minimum Gasteiger partial charge on any atom is -0.337 e. The van der Waals surface area contributed by atoms with Crippen LogP contribution >= 0.6 is 11.8 Å². The Labute approximate surface area is 224 Å². The van der Waals surface area contributed by atoms with E-state index in [1.807, 2.05) is 19.1 Å². The Bertz CT molecular complexity index is 1510. The van der Waals surface area contributed by atoms with Crippen LogP contribution in [-0.4, -0.2) is 68.7 Å². The molecular weight excluding hydrogens is 528 g/mol. The van der Waals surface area contributed by atoms with Crippen LogP contribution in [0.1, 0.15) is 46.8 Å². The Morgan fingerprint density at radius 2 is 1.89 bits per heavy atom. The van der Waals surface area contributed by atoms with Crippen LogP contribution in [0.2, 0.25) is 0 Å². The fourth-order valence-electron chi connectivity index (χ4n) is 5.09. The summed E-state index contributed by atoms with van der Waals surface area (Å²) in [4.78, 5) is 44.2. The summed E-state index contributed by atoms with van der Waals surface area (Å²) in [5, 5.41) is 3.41. The summed E-state index contributed by atoms with van der Waals surface area (Å²) in [6, 6.07) is 5.03. The number of benzene rings is 1. The number of nitrogens with one attached hydrogen (secondary N) is 1. The summed E-state index contributed by atoms with van der Waals surface area (Å²) in [7, 11) is -0.356. The first kappa shape index (κ1) is 25.1. The van der Waals surface area contributed by atoms with Crippen molar-refractivity contribution in [3.8, 4) is 0 Å². The lowest BCUT2D eigenvalue weighted by molar-refractivity contribution is -0.135. The van der Waals surface area contributed by atoms with Gasteiger partial charge in [0.25, 0.3) is 5.91 Å². The second kappa shape index (κ2) is 8.68. The molecule has 1 N–H and O–H groups in total. The van der Waals surface area contributed by atoms with Crippen molar-refractivity contribution in [2.45, 2.75) is 50.3 Å². The molecule has 38 heavy (non-hydrogen) atoms. The molecule has 2 atom stereocenters. The van der Waals surface area contributed by atoms with Gasteiger partial charge in [0.1, 0.15) is 9.61 Å². The fourth-order valence-corrected chi connectivity index (χ4v) is 8.40. The highest BCUT2D eigenvalue weighted by atomic mass is 32.3. The average Bonchev–Trinajstić information content (AvgIpc) is 3.18. The Balaban J connectivity index is 1.33. The molecule has 4 amide bonds. The van der Waals surface area contributed by atoms with E-state index in [1.165, 1.54) is 11.0 Å². The maximum atomic E-state index is 13.8. The molecule has 0 spiro atoms. The minimum absolute atomic E-state index is 0.0234. The third-order valence-corrected chi connectivity index (χ3v) is 11.0. The number of carbonyl (C=O) groups is 3.